The van der Waals surface area contributed by atoms with Crippen molar-refractivity contribution >= 4 is 5.57 Å². The van der Waals surface area contributed by atoms with E-state index in [4.69, 9.17) is 4.74 Å². The van der Waals surface area contributed by atoms with Crippen molar-refractivity contribution in [3.05, 3.63) is 76.9 Å². The summed E-state index contributed by atoms with van der Waals surface area (Å²) in [4.78, 5) is 0. The molecule has 0 amide bonds. The van der Waals surface area contributed by atoms with Gasteiger partial charge in [-0.15, -0.1) is 0 Å². The topological polar surface area (TPSA) is 9.23 Å². The highest BCUT2D eigenvalue weighted by molar-refractivity contribution is 5.83. The first-order valence-electron chi connectivity index (χ1n) is 10.0. The lowest BCUT2D eigenvalue weighted by Gasteiger charge is -2.35. The van der Waals surface area contributed by atoms with Crippen LogP contribution in [0.15, 0.2) is 60.2 Å². The summed E-state index contributed by atoms with van der Waals surface area (Å²) in [6, 6.07) is 19.8. The molecule has 1 nitrogen and oxygen atoms in total. The summed E-state index contributed by atoms with van der Waals surface area (Å²) in [5.74, 6) is 0.445. The molecule has 4 rings (SSSR count). The van der Waals surface area contributed by atoms with E-state index in [1.165, 1.54) is 40.7 Å². The molecule has 26 heavy (non-hydrogen) atoms. The van der Waals surface area contributed by atoms with Crippen LogP contribution in [0.25, 0.3) is 5.57 Å². The molecule has 0 spiro atoms. The summed E-state index contributed by atoms with van der Waals surface area (Å²) in [5.41, 5.74) is 6.65. The van der Waals surface area contributed by atoms with Gasteiger partial charge in [0.25, 0.3) is 0 Å². The zero-order valence-corrected chi connectivity index (χ0v) is 16.5. The normalized spacial score (nSPS) is 29.5. The number of unbranched alkanes of at least 4 members (excludes halogenated alkanes) is 1. The molecule has 2 aliphatic rings. The van der Waals surface area contributed by atoms with E-state index in [1.54, 1.807) is 0 Å². The summed E-state index contributed by atoms with van der Waals surface area (Å²) in [6.45, 7) is 9.08. The van der Waals surface area contributed by atoms with Gasteiger partial charge in [0, 0.05) is 5.92 Å². The molecule has 0 N–H and O–H groups in total. The van der Waals surface area contributed by atoms with Crippen LogP contribution in [0.2, 0.25) is 0 Å². The molecule has 136 valence electrons. The summed E-state index contributed by atoms with van der Waals surface area (Å²) >= 11 is 0. The van der Waals surface area contributed by atoms with Gasteiger partial charge < -0.3 is 4.74 Å². The number of hydrogen-bond donors (Lipinski definition) is 0. The molecule has 1 heteroatoms. The van der Waals surface area contributed by atoms with Crippen LogP contribution in [0.1, 0.15) is 76.0 Å². The third-order valence-corrected chi connectivity index (χ3v) is 6.38. The third-order valence-electron chi connectivity index (χ3n) is 6.38. The van der Waals surface area contributed by atoms with Crippen molar-refractivity contribution in [3.63, 3.8) is 0 Å². The molecule has 0 radical (unpaired) electrons. The van der Waals surface area contributed by atoms with Gasteiger partial charge in [0.05, 0.1) is 5.60 Å². The SMILES string of the molecule is CCCC[C@@]12O[C@](C)(c3ccccc3)C[C@@H]1c1ccccc1C2=C(C)C. The van der Waals surface area contributed by atoms with Gasteiger partial charge in [-0.2, -0.15) is 0 Å². The van der Waals surface area contributed by atoms with E-state index >= 15 is 0 Å². The van der Waals surface area contributed by atoms with Crippen molar-refractivity contribution in [1.29, 1.82) is 0 Å². The largest absolute Gasteiger partial charge is 0.359 e. The van der Waals surface area contributed by atoms with E-state index < -0.39 is 0 Å². The molecule has 0 bridgehead atoms. The Balaban J connectivity index is 1.89. The van der Waals surface area contributed by atoms with Crippen molar-refractivity contribution in [1.82, 2.24) is 0 Å². The Morgan fingerprint density at radius 1 is 1.04 bits per heavy atom. The van der Waals surface area contributed by atoms with Crippen LogP contribution in [0.5, 0.6) is 0 Å². The Kier molecular flexibility index (Phi) is 4.31. The number of rotatable bonds is 4. The molecular weight excluding hydrogens is 316 g/mol. The Morgan fingerprint density at radius 3 is 2.42 bits per heavy atom. The van der Waals surface area contributed by atoms with Crippen LogP contribution in [-0.2, 0) is 10.3 Å². The Hall–Kier alpha value is -1.86. The van der Waals surface area contributed by atoms with E-state index in [0.29, 0.717) is 5.92 Å². The quantitative estimate of drug-likeness (QED) is 0.589. The molecule has 2 aromatic rings. The molecule has 2 aromatic carbocycles. The first kappa shape index (κ1) is 17.5. The number of allylic oxidation sites excluding steroid dienone is 1. The number of hydrogen-bond acceptors (Lipinski definition) is 1. The lowest BCUT2D eigenvalue weighted by molar-refractivity contribution is -0.0734. The van der Waals surface area contributed by atoms with Crippen LogP contribution in [-0.4, -0.2) is 5.60 Å². The molecule has 1 fully saturated rings. The van der Waals surface area contributed by atoms with E-state index in [1.807, 2.05) is 0 Å². The average Bonchev–Trinajstić information content (AvgIpc) is 3.08. The van der Waals surface area contributed by atoms with Gasteiger partial charge >= 0.3 is 0 Å². The van der Waals surface area contributed by atoms with Crippen molar-refractivity contribution < 1.29 is 4.74 Å². The second-order valence-electron chi connectivity index (χ2n) is 8.41. The van der Waals surface area contributed by atoms with Crippen LogP contribution in [0, 0.1) is 0 Å². The van der Waals surface area contributed by atoms with Crippen molar-refractivity contribution in [2.75, 3.05) is 0 Å². The predicted octanol–water partition coefficient (Wildman–Crippen LogP) is 6.84. The summed E-state index contributed by atoms with van der Waals surface area (Å²) in [5, 5.41) is 0. The maximum absolute atomic E-state index is 7.15. The number of ether oxygens (including phenoxy) is 1. The van der Waals surface area contributed by atoms with Crippen LogP contribution in [0.4, 0.5) is 0 Å². The molecule has 3 atom stereocenters. The lowest BCUT2D eigenvalue weighted by atomic mass is 9.78. The molecule has 0 unspecified atom stereocenters. The summed E-state index contributed by atoms with van der Waals surface area (Å²) in [7, 11) is 0. The van der Waals surface area contributed by atoms with Gasteiger partial charge in [0.1, 0.15) is 5.60 Å². The van der Waals surface area contributed by atoms with Gasteiger partial charge in [-0.05, 0) is 55.9 Å². The van der Waals surface area contributed by atoms with Crippen molar-refractivity contribution in [3.8, 4) is 0 Å². The fourth-order valence-electron chi connectivity index (χ4n) is 5.36. The number of benzene rings is 2. The van der Waals surface area contributed by atoms with Crippen LogP contribution in [0.3, 0.4) is 0 Å². The number of fused-ring (bicyclic) bond motifs is 3. The molecule has 1 aliphatic heterocycles. The van der Waals surface area contributed by atoms with Crippen LogP contribution >= 0.6 is 0 Å². The second kappa shape index (κ2) is 6.39. The standard InChI is InChI=1S/C25H30O/c1-5-6-16-25-22(17-24(4,26-25)19-12-8-7-9-13-19)20-14-10-11-15-21(20)23(25)18(2)3/h7-15,22H,5-6,16-17H2,1-4H3/t22-,24+,25-/m1/s1. The highest BCUT2D eigenvalue weighted by atomic mass is 16.5. The third kappa shape index (κ3) is 2.48. The van der Waals surface area contributed by atoms with E-state index in [2.05, 4.69) is 82.3 Å². The first-order valence-corrected chi connectivity index (χ1v) is 10.0. The smallest absolute Gasteiger partial charge is 0.102 e. The maximum Gasteiger partial charge on any atom is 0.102 e. The Labute approximate surface area is 158 Å². The second-order valence-corrected chi connectivity index (χ2v) is 8.41. The predicted molar refractivity (Wildman–Crippen MR) is 109 cm³/mol. The summed E-state index contributed by atoms with van der Waals surface area (Å²) < 4.78 is 7.15. The van der Waals surface area contributed by atoms with Gasteiger partial charge in [0.2, 0.25) is 0 Å². The van der Waals surface area contributed by atoms with E-state index in [0.717, 1.165) is 12.8 Å². The average molecular weight is 347 g/mol. The highest BCUT2D eigenvalue weighted by Gasteiger charge is 2.60. The maximum atomic E-state index is 7.15. The monoisotopic (exact) mass is 346 g/mol. The minimum absolute atomic E-state index is 0.177. The minimum atomic E-state index is -0.228. The minimum Gasteiger partial charge on any atom is -0.359 e. The fourth-order valence-corrected chi connectivity index (χ4v) is 5.36. The lowest BCUT2D eigenvalue weighted by Crippen LogP contribution is -2.34. The van der Waals surface area contributed by atoms with Gasteiger partial charge in [-0.25, -0.2) is 0 Å². The van der Waals surface area contributed by atoms with E-state index in [-0.39, 0.29) is 11.2 Å². The first-order chi connectivity index (χ1) is 12.5. The molecule has 0 aromatic heterocycles. The van der Waals surface area contributed by atoms with Gasteiger partial charge in [-0.3, -0.25) is 0 Å². The highest BCUT2D eigenvalue weighted by Crippen LogP contribution is 2.64. The molecular formula is C25H30O. The Bertz CT molecular complexity index is 830. The molecule has 1 heterocycles. The van der Waals surface area contributed by atoms with Gasteiger partial charge in [0.15, 0.2) is 0 Å². The van der Waals surface area contributed by atoms with Crippen molar-refractivity contribution in [2.45, 2.75) is 70.5 Å². The molecule has 1 saturated heterocycles. The van der Waals surface area contributed by atoms with Gasteiger partial charge in [-0.1, -0.05) is 79.9 Å². The Morgan fingerprint density at radius 2 is 1.73 bits per heavy atom. The zero-order valence-electron chi connectivity index (χ0n) is 16.5. The fraction of sp³-hybridized carbons (Fsp3) is 0.440. The molecule has 0 saturated carbocycles. The van der Waals surface area contributed by atoms with E-state index in [9.17, 15) is 0 Å². The molecule has 1 aliphatic carbocycles. The zero-order chi connectivity index (χ0) is 18.4. The van der Waals surface area contributed by atoms with Crippen LogP contribution < -0.4 is 0 Å². The van der Waals surface area contributed by atoms with Crippen molar-refractivity contribution in [2.24, 2.45) is 0 Å². The summed E-state index contributed by atoms with van der Waals surface area (Å²) in [6.07, 6.45) is 4.55.